The molecule has 0 aliphatic carbocycles. The first-order valence-electron chi connectivity index (χ1n) is 11.9. The van der Waals surface area contributed by atoms with Crippen LogP contribution in [0.2, 0.25) is 0 Å². The van der Waals surface area contributed by atoms with Crippen molar-refractivity contribution < 1.29 is 9.53 Å². The molecule has 0 aliphatic heterocycles. The lowest BCUT2D eigenvalue weighted by Gasteiger charge is -2.19. The maximum atomic E-state index is 13.1. The average molecular weight is 452 g/mol. The van der Waals surface area contributed by atoms with Gasteiger partial charge < -0.3 is 9.72 Å². The Morgan fingerprint density at radius 3 is 1.68 bits per heavy atom. The molecule has 1 heterocycles. The molecule has 0 saturated carbocycles. The largest absolute Gasteiger partial charge is 0.461 e. The van der Waals surface area contributed by atoms with Gasteiger partial charge in [0.1, 0.15) is 5.69 Å². The molecule has 0 aliphatic rings. The smallest absolute Gasteiger partial charge is 0.355 e. The van der Waals surface area contributed by atoms with Crippen LogP contribution in [0.15, 0.2) is 72.8 Å². The van der Waals surface area contributed by atoms with E-state index >= 15 is 0 Å². The highest BCUT2D eigenvalue weighted by molar-refractivity contribution is 6.05. The minimum Gasteiger partial charge on any atom is -0.461 e. The van der Waals surface area contributed by atoms with Gasteiger partial charge in [0, 0.05) is 11.1 Å². The van der Waals surface area contributed by atoms with Gasteiger partial charge in [-0.2, -0.15) is 0 Å². The predicted octanol–water partition coefficient (Wildman–Crippen LogP) is 8.11. The number of carbonyl (C=O) groups excluding carboxylic acids is 1. The Morgan fingerprint density at radius 2 is 1.21 bits per heavy atom. The van der Waals surface area contributed by atoms with Crippen molar-refractivity contribution in [1.82, 2.24) is 4.98 Å². The van der Waals surface area contributed by atoms with Crippen molar-refractivity contribution in [3.8, 4) is 33.5 Å². The zero-order valence-corrected chi connectivity index (χ0v) is 21.0. The van der Waals surface area contributed by atoms with E-state index in [2.05, 4.69) is 112 Å². The van der Waals surface area contributed by atoms with Crippen LogP contribution in [0.1, 0.15) is 54.9 Å². The van der Waals surface area contributed by atoms with Crippen LogP contribution in [-0.4, -0.2) is 17.6 Å². The molecule has 0 bridgehead atoms. The fourth-order valence-corrected chi connectivity index (χ4v) is 4.23. The number of rotatable bonds is 5. The summed E-state index contributed by atoms with van der Waals surface area (Å²) < 4.78 is 5.47. The van der Waals surface area contributed by atoms with E-state index in [9.17, 15) is 4.79 Å². The fourth-order valence-electron chi connectivity index (χ4n) is 4.23. The van der Waals surface area contributed by atoms with Gasteiger partial charge in [-0.1, -0.05) is 105 Å². The zero-order chi connectivity index (χ0) is 24.5. The molecular weight excluding hydrogens is 418 g/mol. The van der Waals surface area contributed by atoms with Gasteiger partial charge in [-0.15, -0.1) is 0 Å². The van der Waals surface area contributed by atoms with E-state index in [1.54, 1.807) is 0 Å². The number of aromatic amines is 1. The number of benzene rings is 3. The molecule has 0 saturated heterocycles. The lowest BCUT2D eigenvalue weighted by molar-refractivity contribution is 0.0521. The Hall–Kier alpha value is -3.59. The van der Waals surface area contributed by atoms with E-state index in [0.717, 1.165) is 33.5 Å². The van der Waals surface area contributed by atoms with Crippen LogP contribution in [0.4, 0.5) is 0 Å². The summed E-state index contributed by atoms with van der Waals surface area (Å²) in [5, 5.41) is 0. The van der Waals surface area contributed by atoms with Gasteiger partial charge in [-0.3, -0.25) is 0 Å². The van der Waals surface area contributed by atoms with E-state index in [1.807, 2.05) is 6.92 Å². The second kappa shape index (κ2) is 9.34. The minimum atomic E-state index is -0.344. The van der Waals surface area contributed by atoms with E-state index in [4.69, 9.17) is 4.74 Å². The van der Waals surface area contributed by atoms with Gasteiger partial charge in [0.25, 0.3) is 0 Å². The summed E-state index contributed by atoms with van der Waals surface area (Å²) in [6, 6.07) is 25.4. The molecular formula is C31H33NO2. The standard InChI is InChI=1S/C31H33NO2/c1-7-34-30(33)29-27(23-14-10-21(3)11-15-23)26(22-12-8-20(2)9-13-22)28(32-29)24-16-18-25(19-17-24)31(4,5)6/h8-19,32H,7H2,1-6H3. The van der Waals surface area contributed by atoms with Crippen molar-refractivity contribution in [1.29, 1.82) is 0 Å². The van der Waals surface area contributed by atoms with Gasteiger partial charge in [-0.05, 0) is 48.4 Å². The highest BCUT2D eigenvalue weighted by Crippen LogP contribution is 2.43. The molecule has 1 aromatic heterocycles. The number of hydrogen-bond donors (Lipinski definition) is 1. The van der Waals surface area contributed by atoms with Crippen molar-refractivity contribution >= 4 is 5.97 Å². The first-order chi connectivity index (χ1) is 16.2. The number of aromatic nitrogens is 1. The Kier molecular flexibility index (Phi) is 6.47. The van der Waals surface area contributed by atoms with Crippen molar-refractivity contribution in [2.75, 3.05) is 6.61 Å². The van der Waals surface area contributed by atoms with Crippen molar-refractivity contribution in [2.24, 2.45) is 0 Å². The van der Waals surface area contributed by atoms with Crippen LogP contribution in [0.5, 0.6) is 0 Å². The molecule has 34 heavy (non-hydrogen) atoms. The monoisotopic (exact) mass is 451 g/mol. The van der Waals surface area contributed by atoms with Crippen LogP contribution in [-0.2, 0) is 10.2 Å². The summed E-state index contributed by atoms with van der Waals surface area (Å²) in [4.78, 5) is 16.6. The quantitative estimate of drug-likeness (QED) is 0.311. The molecule has 3 nitrogen and oxygen atoms in total. The average Bonchev–Trinajstić information content (AvgIpc) is 3.20. The lowest BCUT2D eigenvalue weighted by atomic mass is 9.86. The van der Waals surface area contributed by atoms with Crippen molar-refractivity contribution in [2.45, 2.75) is 47.0 Å². The maximum Gasteiger partial charge on any atom is 0.355 e. The lowest BCUT2D eigenvalue weighted by Crippen LogP contribution is -2.10. The molecule has 0 radical (unpaired) electrons. The van der Waals surface area contributed by atoms with Gasteiger partial charge in [0.2, 0.25) is 0 Å². The van der Waals surface area contributed by atoms with Crippen LogP contribution in [0.25, 0.3) is 33.5 Å². The summed E-state index contributed by atoms with van der Waals surface area (Å²) >= 11 is 0. The molecule has 1 N–H and O–H groups in total. The first kappa shape index (κ1) is 23.6. The Morgan fingerprint density at radius 1 is 0.735 bits per heavy atom. The number of hydrogen-bond acceptors (Lipinski definition) is 2. The summed E-state index contributed by atoms with van der Waals surface area (Å²) in [6.45, 7) is 12.9. The summed E-state index contributed by atoms with van der Waals surface area (Å²) in [7, 11) is 0. The SMILES string of the molecule is CCOC(=O)c1[nH]c(-c2ccc(C(C)(C)C)cc2)c(-c2ccc(C)cc2)c1-c1ccc(C)cc1. The third-order valence-corrected chi connectivity index (χ3v) is 6.20. The zero-order valence-electron chi connectivity index (χ0n) is 21.0. The van der Waals surface area contributed by atoms with Crippen LogP contribution in [0, 0.1) is 13.8 Å². The Labute approximate surface area is 202 Å². The van der Waals surface area contributed by atoms with Crippen LogP contribution < -0.4 is 0 Å². The van der Waals surface area contributed by atoms with Gasteiger partial charge in [-0.25, -0.2) is 4.79 Å². The number of aryl methyl sites for hydroxylation is 2. The molecule has 3 heteroatoms. The first-order valence-corrected chi connectivity index (χ1v) is 11.9. The summed E-state index contributed by atoms with van der Waals surface area (Å²) in [5.41, 5.74) is 10.1. The number of esters is 1. The van der Waals surface area contributed by atoms with E-state index in [0.29, 0.717) is 12.3 Å². The number of H-pyrrole nitrogens is 1. The third kappa shape index (κ3) is 4.70. The normalized spacial score (nSPS) is 11.5. The topological polar surface area (TPSA) is 42.1 Å². The number of carbonyl (C=O) groups is 1. The highest BCUT2D eigenvalue weighted by Gasteiger charge is 2.26. The van der Waals surface area contributed by atoms with Gasteiger partial charge in [0.15, 0.2) is 0 Å². The molecule has 0 unspecified atom stereocenters. The molecule has 0 amide bonds. The van der Waals surface area contributed by atoms with E-state index < -0.39 is 0 Å². The number of nitrogens with one attached hydrogen (secondary N) is 1. The summed E-state index contributed by atoms with van der Waals surface area (Å²) in [5.74, 6) is -0.344. The van der Waals surface area contributed by atoms with E-state index in [1.165, 1.54) is 16.7 Å². The van der Waals surface area contributed by atoms with Crippen molar-refractivity contribution in [3.05, 3.63) is 95.2 Å². The molecule has 0 atom stereocenters. The third-order valence-electron chi connectivity index (χ3n) is 6.20. The number of ether oxygens (including phenoxy) is 1. The molecule has 3 aromatic carbocycles. The molecule has 4 aromatic rings. The molecule has 4 rings (SSSR count). The fraction of sp³-hybridized carbons (Fsp3) is 0.258. The molecule has 0 fully saturated rings. The van der Waals surface area contributed by atoms with Gasteiger partial charge in [0.05, 0.1) is 12.3 Å². The minimum absolute atomic E-state index is 0.0667. The Bertz CT molecular complexity index is 1290. The van der Waals surface area contributed by atoms with E-state index in [-0.39, 0.29) is 11.4 Å². The maximum absolute atomic E-state index is 13.1. The summed E-state index contributed by atoms with van der Waals surface area (Å²) in [6.07, 6.45) is 0. The molecule has 0 spiro atoms. The predicted molar refractivity (Wildman–Crippen MR) is 141 cm³/mol. The Balaban J connectivity index is 2.02. The second-order valence-corrected chi connectivity index (χ2v) is 9.90. The van der Waals surface area contributed by atoms with Gasteiger partial charge >= 0.3 is 5.97 Å². The highest BCUT2D eigenvalue weighted by atomic mass is 16.5. The molecule has 174 valence electrons. The van der Waals surface area contributed by atoms with Crippen LogP contribution >= 0.6 is 0 Å². The van der Waals surface area contributed by atoms with Crippen molar-refractivity contribution in [3.63, 3.8) is 0 Å². The van der Waals surface area contributed by atoms with Crippen LogP contribution in [0.3, 0.4) is 0 Å². The second-order valence-electron chi connectivity index (χ2n) is 9.90.